The first-order valence-electron chi connectivity index (χ1n) is 8.34. The van der Waals surface area contributed by atoms with Gasteiger partial charge in [0.1, 0.15) is 0 Å². The molecule has 5 N–H and O–H groups in total. The number of nitrogens with zero attached hydrogens (tertiary/aromatic N) is 1. The molecule has 0 spiro atoms. The molecule has 1 unspecified atom stereocenters. The van der Waals surface area contributed by atoms with Crippen molar-refractivity contribution < 1.29 is 0 Å². The highest BCUT2D eigenvalue weighted by Crippen LogP contribution is 2.28. The van der Waals surface area contributed by atoms with Gasteiger partial charge < -0.3 is 11.5 Å². The summed E-state index contributed by atoms with van der Waals surface area (Å²) in [6.07, 6.45) is 0.820. The fourth-order valence-electron chi connectivity index (χ4n) is 3.16. The van der Waals surface area contributed by atoms with Gasteiger partial charge in [0.2, 0.25) is 0 Å². The zero-order chi connectivity index (χ0) is 17.2. The van der Waals surface area contributed by atoms with Gasteiger partial charge in [0.15, 0.2) is 5.82 Å². The lowest BCUT2D eigenvalue weighted by Gasteiger charge is -2.14. The number of aromatic nitrogens is 2. The second-order valence-corrected chi connectivity index (χ2v) is 6.29. The van der Waals surface area contributed by atoms with Gasteiger partial charge >= 0.3 is 0 Å². The molecule has 0 aliphatic rings. The molecule has 25 heavy (non-hydrogen) atoms. The maximum Gasteiger partial charge on any atom is 0.153 e. The smallest absolute Gasteiger partial charge is 0.153 e. The number of hydrogen-bond acceptors (Lipinski definition) is 3. The van der Waals surface area contributed by atoms with Gasteiger partial charge in [-0.1, -0.05) is 54.6 Å². The Morgan fingerprint density at radius 3 is 2.52 bits per heavy atom. The first-order chi connectivity index (χ1) is 12.2. The molecule has 4 nitrogen and oxygen atoms in total. The molecule has 1 heterocycles. The maximum absolute atomic E-state index is 6.44. The summed E-state index contributed by atoms with van der Waals surface area (Å²) in [5.41, 5.74) is 17.8. The number of H-pyrrole nitrogens is 1. The number of anilines is 1. The molecule has 0 amide bonds. The predicted octanol–water partition coefficient (Wildman–Crippen LogP) is 4.05. The Morgan fingerprint density at radius 2 is 1.68 bits per heavy atom. The standard InChI is InChI=1S/C21H20N4/c22-19(11-14-5-2-1-3-6-14)17-8-4-7-15(12-17)16-9-10-18-20(13-16)24-25-21(18)23/h1-10,12-13,19H,11,22H2,(H3,23,24,25). The number of nitrogens with one attached hydrogen (secondary N) is 1. The van der Waals surface area contributed by atoms with Crippen molar-refractivity contribution in [3.8, 4) is 11.1 Å². The minimum atomic E-state index is -0.0334. The van der Waals surface area contributed by atoms with Crippen LogP contribution in [0, 0.1) is 0 Å². The van der Waals surface area contributed by atoms with Gasteiger partial charge in [-0.25, -0.2) is 0 Å². The van der Waals surface area contributed by atoms with Crippen LogP contribution >= 0.6 is 0 Å². The van der Waals surface area contributed by atoms with Crippen LogP contribution in [-0.4, -0.2) is 10.2 Å². The van der Waals surface area contributed by atoms with E-state index >= 15 is 0 Å². The van der Waals surface area contributed by atoms with E-state index in [4.69, 9.17) is 11.5 Å². The zero-order valence-electron chi connectivity index (χ0n) is 13.8. The van der Waals surface area contributed by atoms with E-state index in [0.717, 1.165) is 34.0 Å². The van der Waals surface area contributed by atoms with E-state index in [9.17, 15) is 0 Å². The van der Waals surface area contributed by atoms with Crippen molar-refractivity contribution in [1.82, 2.24) is 10.2 Å². The van der Waals surface area contributed by atoms with Crippen molar-refractivity contribution in [2.45, 2.75) is 12.5 Å². The Hall–Kier alpha value is -3.11. The van der Waals surface area contributed by atoms with Crippen LogP contribution < -0.4 is 11.5 Å². The van der Waals surface area contributed by atoms with E-state index in [1.807, 2.05) is 24.3 Å². The summed E-state index contributed by atoms with van der Waals surface area (Å²) in [4.78, 5) is 0. The molecule has 3 aromatic carbocycles. The van der Waals surface area contributed by atoms with Crippen LogP contribution in [0.2, 0.25) is 0 Å². The van der Waals surface area contributed by atoms with E-state index in [-0.39, 0.29) is 6.04 Å². The van der Waals surface area contributed by atoms with Crippen molar-refractivity contribution >= 4 is 16.7 Å². The van der Waals surface area contributed by atoms with E-state index < -0.39 is 0 Å². The van der Waals surface area contributed by atoms with E-state index in [1.54, 1.807) is 0 Å². The second-order valence-electron chi connectivity index (χ2n) is 6.29. The number of nitrogens with two attached hydrogens (primary N) is 2. The number of rotatable bonds is 4. The van der Waals surface area contributed by atoms with Crippen LogP contribution in [-0.2, 0) is 6.42 Å². The quantitative estimate of drug-likeness (QED) is 0.528. The summed E-state index contributed by atoms with van der Waals surface area (Å²) in [7, 11) is 0. The van der Waals surface area contributed by atoms with Gasteiger partial charge in [0.05, 0.1) is 5.52 Å². The molecule has 0 radical (unpaired) electrons. The van der Waals surface area contributed by atoms with Crippen molar-refractivity contribution in [2.24, 2.45) is 5.73 Å². The van der Waals surface area contributed by atoms with Gasteiger partial charge in [-0.2, -0.15) is 5.10 Å². The highest BCUT2D eigenvalue weighted by Gasteiger charge is 2.09. The molecule has 0 bridgehead atoms. The number of fused-ring (bicyclic) bond motifs is 1. The van der Waals surface area contributed by atoms with E-state index in [1.165, 1.54) is 5.56 Å². The molecule has 0 aliphatic heterocycles. The third-order valence-electron chi connectivity index (χ3n) is 4.54. The molecule has 1 atom stereocenters. The molecule has 4 heteroatoms. The largest absolute Gasteiger partial charge is 0.382 e. The lowest BCUT2D eigenvalue weighted by atomic mass is 9.96. The van der Waals surface area contributed by atoms with Crippen LogP contribution in [0.1, 0.15) is 17.2 Å². The van der Waals surface area contributed by atoms with Gasteiger partial charge in [0, 0.05) is 11.4 Å². The number of hydrogen-bond donors (Lipinski definition) is 3. The molecule has 0 saturated carbocycles. The van der Waals surface area contributed by atoms with Crippen molar-refractivity contribution in [1.29, 1.82) is 0 Å². The van der Waals surface area contributed by atoms with E-state index in [2.05, 4.69) is 58.7 Å². The first kappa shape index (κ1) is 15.4. The summed E-state index contributed by atoms with van der Waals surface area (Å²) in [5, 5.41) is 7.97. The normalized spacial score (nSPS) is 12.4. The summed E-state index contributed by atoms with van der Waals surface area (Å²) < 4.78 is 0. The number of benzene rings is 3. The monoisotopic (exact) mass is 328 g/mol. The number of nitrogen functional groups attached to an aromatic ring is 1. The van der Waals surface area contributed by atoms with Gasteiger partial charge in [-0.3, -0.25) is 5.10 Å². The predicted molar refractivity (Wildman–Crippen MR) is 103 cm³/mol. The molecule has 124 valence electrons. The molecule has 0 saturated heterocycles. The third kappa shape index (κ3) is 3.12. The summed E-state index contributed by atoms with van der Waals surface area (Å²) in [6.45, 7) is 0. The summed E-state index contributed by atoms with van der Waals surface area (Å²) >= 11 is 0. The highest BCUT2D eigenvalue weighted by atomic mass is 15.1. The fraction of sp³-hybridized carbons (Fsp3) is 0.0952. The van der Waals surface area contributed by atoms with Crippen molar-refractivity contribution in [2.75, 3.05) is 5.73 Å². The Kier molecular flexibility index (Phi) is 3.96. The van der Waals surface area contributed by atoms with Crippen LogP contribution in [0.15, 0.2) is 72.8 Å². The molecule has 0 aliphatic carbocycles. The Labute approximate surface area is 146 Å². The maximum atomic E-state index is 6.44. The van der Waals surface area contributed by atoms with Crippen LogP contribution in [0.25, 0.3) is 22.0 Å². The Balaban J connectivity index is 1.63. The van der Waals surface area contributed by atoms with E-state index in [0.29, 0.717) is 5.82 Å². The Morgan fingerprint density at radius 1 is 0.880 bits per heavy atom. The lowest BCUT2D eigenvalue weighted by molar-refractivity contribution is 0.722. The van der Waals surface area contributed by atoms with Gasteiger partial charge in [-0.05, 0) is 46.9 Å². The van der Waals surface area contributed by atoms with Crippen molar-refractivity contribution in [3.05, 3.63) is 83.9 Å². The highest BCUT2D eigenvalue weighted by molar-refractivity contribution is 5.91. The number of aromatic amines is 1. The molecule has 1 aromatic heterocycles. The average Bonchev–Trinajstić information content (AvgIpc) is 3.03. The summed E-state index contributed by atoms with van der Waals surface area (Å²) in [6, 6.07) is 24.8. The van der Waals surface area contributed by atoms with Crippen LogP contribution in [0.4, 0.5) is 5.82 Å². The Bertz CT molecular complexity index is 1000. The molecule has 4 rings (SSSR count). The molecular weight excluding hydrogens is 308 g/mol. The summed E-state index contributed by atoms with van der Waals surface area (Å²) in [5.74, 6) is 0.528. The minimum absolute atomic E-state index is 0.0334. The zero-order valence-corrected chi connectivity index (χ0v) is 13.8. The molecule has 0 fully saturated rings. The molecular formula is C21H20N4. The first-order valence-corrected chi connectivity index (χ1v) is 8.34. The van der Waals surface area contributed by atoms with Crippen LogP contribution in [0.3, 0.4) is 0 Å². The van der Waals surface area contributed by atoms with Crippen molar-refractivity contribution in [3.63, 3.8) is 0 Å². The van der Waals surface area contributed by atoms with Gasteiger partial charge in [-0.15, -0.1) is 0 Å². The SMILES string of the molecule is Nc1n[nH]c2cc(-c3cccc(C(N)Cc4ccccc4)c3)ccc12. The van der Waals surface area contributed by atoms with Crippen LogP contribution in [0.5, 0.6) is 0 Å². The second kappa shape index (κ2) is 6.42. The molecule has 4 aromatic rings. The lowest BCUT2D eigenvalue weighted by Crippen LogP contribution is -2.13. The topological polar surface area (TPSA) is 80.7 Å². The fourth-order valence-corrected chi connectivity index (χ4v) is 3.16. The third-order valence-corrected chi connectivity index (χ3v) is 4.54. The average molecular weight is 328 g/mol. The van der Waals surface area contributed by atoms with Gasteiger partial charge in [0.25, 0.3) is 0 Å². The minimum Gasteiger partial charge on any atom is -0.382 e.